The van der Waals surface area contributed by atoms with Crippen LogP contribution in [0.4, 0.5) is 11.4 Å². The predicted molar refractivity (Wildman–Crippen MR) is 61.2 cm³/mol. The molecule has 0 aliphatic carbocycles. The Balaban J connectivity index is 2.27. The van der Waals surface area contributed by atoms with E-state index in [0.717, 1.165) is 11.4 Å². The fourth-order valence-electron chi connectivity index (χ4n) is 1.29. The minimum Gasteiger partial charge on any atom is -0.352 e. The third kappa shape index (κ3) is 2.15. The maximum Gasteiger partial charge on any atom is 0.101 e. The zero-order valence-corrected chi connectivity index (χ0v) is 8.81. The first-order valence-electron chi connectivity index (χ1n) is 4.83. The molecular formula is C12H10N4. The molecule has 0 saturated carbocycles. The van der Waals surface area contributed by atoms with Gasteiger partial charge in [-0.25, -0.2) is 0 Å². The second-order valence-corrected chi connectivity index (χ2v) is 3.35. The monoisotopic (exact) mass is 210 g/mol. The van der Waals surface area contributed by atoms with Crippen molar-refractivity contribution in [3.63, 3.8) is 0 Å². The molecule has 1 N–H and O–H groups in total. The van der Waals surface area contributed by atoms with Gasteiger partial charge in [-0.15, -0.1) is 0 Å². The van der Waals surface area contributed by atoms with Gasteiger partial charge in [0.2, 0.25) is 0 Å². The summed E-state index contributed by atoms with van der Waals surface area (Å²) >= 11 is 0. The van der Waals surface area contributed by atoms with E-state index in [2.05, 4.69) is 21.4 Å². The summed E-state index contributed by atoms with van der Waals surface area (Å²) in [5, 5.41) is 12.0. The molecule has 0 saturated heterocycles. The zero-order valence-electron chi connectivity index (χ0n) is 8.81. The number of hydrogen-bond donors (Lipinski definition) is 1. The SMILES string of the molecule is Cc1ccc(Nc2cnccc2C#N)cn1. The third-order valence-electron chi connectivity index (χ3n) is 2.13. The molecule has 0 radical (unpaired) electrons. The number of rotatable bonds is 2. The zero-order chi connectivity index (χ0) is 11.4. The van der Waals surface area contributed by atoms with Gasteiger partial charge < -0.3 is 5.32 Å². The molecule has 0 amide bonds. The van der Waals surface area contributed by atoms with Crippen LogP contribution in [0.3, 0.4) is 0 Å². The van der Waals surface area contributed by atoms with E-state index in [0.29, 0.717) is 11.3 Å². The Hall–Kier alpha value is -2.41. The average molecular weight is 210 g/mol. The van der Waals surface area contributed by atoms with Crippen molar-refractivity contribution in [1.29, 1.82) is 5.26 Å². The number of anilines is 2. The molecule has 0 unspecified atom stereocenters. The quantitative estimate of drug-likeness (QED) is 0.826. The Labute approximate surface area is 93.6 Å². The smallest absolute Gasteiger partial charge is 0.101 e. The third-order valence-corrected chi connectivity index (χ3v) is 2.13. The highest BCUT2D eigenvalue weighted by atomic mass is 14.9. The van der Waals surface area contributed by atoms with Gasteiger partial charge in [-0.1, -0.05) is 0 Å². The Kier molecular flexibility index (Phi) is 2.79. The Morgan fingerprint density at radius 3 is 2.81 bits per heavy atom. The summed E-state index contributed by atoms with van der Waals surface area (Å²) in [7, 11) is 0. The second-order valence-electron chi connectivity index (χ2n) is 3.35. The van der Waals surface area contributed by atoms with E-state index >= 15 is 0 Å². The highest BCUT2D eigenvalue weighted by Crippen LogP contribution is 2.18. The number of nitrogens with one attached hydrogen (secondary N) is 1. The number of pyridine rings is 2. The lowest BCUT2D eigenvalue weighted by atomic mass is 10.2. The van der Waals surface area contributed by atoms with Gasteiger partial charge in [0.05, 0.1) is 29.3 Å². The Morgan fingerprint density at radius 1 is 1.25 bits per heavy atom. The van der Waals surface area contributed by atoms with Crippen molar-refractivity contribution in [3.05, 3.63) is 48.0 Å². The highest BCUT2D eigenvalue weighted by Gasteiger charge is 2.01. The van der Waals surface area contributed by atoms with Crippen LogP contribution >= 0.6 is 0 Å². The minimum absolute atomic E-state index is 0.565. The van der Waals surface area contributed by atoms with Gasteiger partial charge in [0, 0.05) is 11.9 Å². The summed E-state index contributed by atoms with van der Waals surface area (Å²) in [5.74, 6) is 0. The molecule has 0 aromatic carbocycles. The molecule has 0 aliphatic rings. The number of nitriles is 1. The van der Waals surface area contributed by atoms with Gasteiger partial charge >= 0.3 is 0 Å². The summed E-state index contributed by atoms with van der Waals surface area (Å²) in [4.78, 5) is 8.14. The van der Waals surface area contributed by atoms with E-state index in [-0.39, 0.29) is 0 Å². The van der Waals surface area contributed by atoms with Crippen molar-refractivity contribution in [2.75, 3.05) is 5.32 Å². The van der Waals surface area contributed by atoms with Gasteiger partial charge in [-0.3, -0.25) is 9.97 Å². The molecule has 2 aromatic heterocycles. The maximum absolute atomic E-state index is 8.91. The second kappa shape index (κ2) is 4.41. The van der Waals surface area contributed by atoms with E-state index in [9.17, 15) is 0 Å². The largest absolute Gasteiger partial charge is 0.352 e. The molecule has 0 spiro atoms. The maximum atomic E-state index is 8.91. The summed E-state index contributed by atoms with van der Waals surface area (Å²) in [6.07, 6.45) is 4.94. The minimum atomic E-state index is 0.565. The number of aryl methyl sites for hydroxylation is 1. The van der Waals surface area contributed by atoms with Crippen LogP contribution in [0.15, 0.2) is 36.8 Å². The molecule has 0 bridgehead atoms. The van der Waals surface area contributed by atoms with Crippen LogP contribution in [0.5, 0.6) is 0 Å². The Morgan fingerprint density at radius 2 is 2.12 bits per heavy atom. The van der Waals surface area contributed by atoms with Gasteiger partial charge in [-0.05, 0) is 25.1 Å². The molecule has 16 heavy (non-hydrogen) atoms. The molecule has 2 heterocycles. The number of hydrogen-bond acceptors (Lipinski definition) is 4. The molecule has 4 heteroatoms. The normalized spacial score (nSPS) is 9.50. The predicted octanol–water partition coefficient (Wildman–Crippen LogP) is 2.40. The number of nitrogens with zero attached hydrogens (tertiary/aromatic N) is 3. The average Bonchev–Trinajstić information content (AvgIpc) is 2.33. The van der Waals surface area contributed by atoms with Crippen LogP contribution in [0.1, 0.15) is 11.3 Å². The molecule has 2 rings (SSSR count). The standard InChI is InChI=1S/C12H10N4/c1-9-2-3-11(7-15-9)16-12-8-14-5-4-10(12)6-13/h2-5,7-8,16H,1H3. The van der Waals surface area contributed by atoms with E-state index in [1.807, 2.05) is 19.1 Å². The van der Waals surface area contributed by atoms with Crippen molar-refractivity contribution >= 4 is 11.4 Å². The molecular weight excluding hydrogens is 200 g/mol. The lowest BCUT2D eigenvalue weighted by molar-refractivity contribution is 1.20. The van der Waals surface area contributed by atoms with E-state index in [4.69, 9.17) is 5.26 Å². The van der Waals surface area contributed by atoms with Gasteiger partial charge in [0.15, 0.2) is 0 Å². The number of aromatic nitrogens is 2. The fourth-order valence-corrected chi connectivity index (χ4v) is 1.29. The van der Waals surface area contributed by atoms with Crippen molar-refractivity contribution in [1.82, 2.24) is 9.97 Å². The highest BCUT2D eigenvalue weighted by molar-refractivity contribution is 5.64. The Bertz CT molecular complexity index is 525. The molecule has 0 fully saturated rings. The van der Waals surface area contributed by atoms with Crippen LogP contribution in [-0.4, -0.2) is 9.97 Å². The van der Waals surface area contributed by atoms with Crippen LogP contribution in [0.25, 0.3) is 0 Å². The summed E-state index contributed by atoms with van der Waals surface area (Å²) in [6.45, 7) is 1.93. The molecule has 4 nitrogen and oxygen atoms in total. The first kappa shape index (κ1) is 10.1. The summed E-state index contributed by atoms with van der Waals surface area (Å²) < 4.78 is 0. The first-order valence-corrected chi connectivity index (χ1v) is 4.83. The van der Waals surface area contributed by atoms with Gasteiger partial charge in [-0.2, -0.15) is 5.26 Å². The van der Waals surface area contributed by atoms with E-state index in [1.165, 1.54) is 0 Å². The van der Waals surface area contributed by atoms with Crippen LogP contribution in [0.2, 0.25) is 0 Å². The van der Waals surface area contributed by atoms with Crippen molar-refractivity contribution in [2.45, 2.75) is 6.92 Å². The summed E-state index contributed by atoms with van der Waals surface area (Å²) in [5.41, 5.74) is 3.05. The van der Waals surface area contributed by atoms with E-state index in [1.54, 1.807) is 24.7 Å². The topological polar surface area (TPSA) is 61.6 Å². The fraction of sp³-hybridized carbons (Fsp3) is 0.0833. The van der Waals surface area contributed by atoms with Crippen molar-refractivity contribution < 1.29 is 0 Å². The molecule has 0 aliphatic heterocycles. The van der Waals surface area contributed by atoms with Gasteiger partial charge in [0.1, 0.15) is 6.07 Å². The van der Waals surface area contributed by atoms with Crippen molar-refractivity contribution in [3.8, 4) is 6.07 Å². The van der Waals surface area contributed by atoms with Crippen molar-refractivity contribution in [2.24, 2.45) is 0 Å². The molecule has 0 atom stereocenters. The summed E-state index contributed by atoms with van der Waals surface area (Å²) in [6, 6.07) is 7.60. The van der Waals surface area contributed by atoms with E-state index < -0.39 is 0 Å². The van der Waals surface area contributed by atoms with Gasteiger partial charge in [0.25, 0.3) is 0 Å². The lowest BCUT2D eigenvalue weighted by Crippen LogP contribution is -1.95. The van der Waals surface area contributed by atoms with Crippen LogP contribution in [-0.2, 0) is 0 Å². The van der Waals surface area contributed by atoms with Crippen LogP contribution in [0, 0.1) is 18.3 Å². The molecule has 2 aromatic rings. The lowest BCUT2D eigenvalue weighted by Gasteiger charge is -2.06. The molecule has 78 valence electrons. The van der Waals surface area contributed by atoms with Crippen LogP contribution < -0.4 is 5.32 Å². The first-order chi connectivity index (χ1) is 7.79.